The molecule has 0 aliphatic heterocycles. The average molecular weight is 485 g/mol. The molecule has 0 aliphatic rings. The van der Waals surface area contributed by atoms with Crippen LogP contribution in [0.2, 0.25) is 0 Å². The van der Waals surface area contributed by atoms with Gasteiger partial charge in [-0.25, -0.2) is 4.68 Å². The third-order valence-electron chi connectivity index (χ3n) is 5.70. The molecule has 2 aromatic heterocycles. The first-order chi connectivity index (χ1) is 17.2. The molecule has 0 fully saturated rings. The Morgan fingerprint density at radius 1 is 0.944 bits per heavy atom. The van der Waals surface area contributed by atoms with Crippen LogP contribution in [0.15, 0.2) is 69.9 Å². The normalized spacial score (nSPS) is 10.8. The van der Waals surface area contributed by atoms with E-state index in [9.17, 15) is 19.2 Å². The molecule has 0 atom stereocenters. The number of Topliss-reactive ketones (excluding diaryl/α,β-unsaturated/α-hetero) is 1. The first kappa shape index (κ1) is 24.3. The molecule has 0 bridgehead atoms. The maximum absolute atomic E-state index is 13.7. The van der Waals surface area contributed by atoms with Gasteiger partial charge < -0.3 is 10.2 Å². The van der Waals surface area contributed by atoms with Crippen LogP contribution in [-0.4, -0.2) is 27.4 Å². The summed E-state index contributed by atoms with van der Waals surface area (Å²) in [5.41, 5.74) is 6.49. The molecule has 0 saturated heterocycles. The lowest BCUT2D eigenvalue weighted by atomic mass is 9.95. The number of aryl methyl sites for hydroxylation is 2. The highest BCUT2D eigenvalue weighted by atomic mass is 16.4. The van der Waals surface area contributed by atoms with E-state index in [2.05, 4.69) is 10.4 Å². The molecule has 182 valence electrons. The van der Waals surface area contributed by atoms with Crippen molar-refractivity contribution in [2.24, 2.45) is 5.73 Å². The van der Waals surface area contributed by atoms with Crippen molar-refractivity contribution in [1.29, 1.82) is 0 Å². The number of carbonyl (C=O) groups is 3. The molecule has 2 aromatic carbocycles. The number of hydrogen-bond acceptors (Lipinski definition) is 6. The van der Waals surface area contributed by atoms with Gasteiger partial charge in [0.15, 0.2) is 5.78 Å². The van der Waals surface area contributed by atoms with E-state index < -0.39 is 23.2 Å². The molecular weight excluding hydrogens is 460 g/mol. The topological polar surface area (TPSA) is 137 Å². The third-order valence-corrected chi connectivity index (χ3v) is 5.70. The molecular formula is C27H24N4O5. The fourth-order valence-electron chi connectivity index (χ4n) is 4.14. The van der Waals surface area contributed by atoms with Crippen molar-refractivity contribution < 1.29 is 18.8 Å². The summed E-state index contributed by atoms with van der Waals surface area (Å²) in [6.45, 7) is 4.71. The Morgan fingerprint density at radius 2 is 1.53 bits per heavy atom. The summed E-state index contributed by atoms with van der Waals surface area (Å²) < 4.78 is 6.74. The Bertz CT molecular complexity index is 1540. The summed E-state index contributed by atoms with van der Waals surface area (Å²) in [6.07, 6.45) is 0. The zero-order valence-electron chi connectivity index (χ0n) is 20.0. The van der Waals surface area contributed by atoms with E-state index in [-0.39, 0.29) is 34.9 Å². The molecule has 4 rings (SSSR count). The van der Waals surface area contributed by atoms with E-state index in [0.29, 0.717) is 22.4 Å². The van der Waals surface area contributed by atoms with Crippen molar-refractivity contribution in [3.63, 3.8) is 0 Å². The minimum Gasteiger partial charge on any atom is -0.444 e. The molecule has 9 nitrogen and oxygen atoms in total. The van der Waals surface area contributed by atoms with Gasteiger partial charge in [-0.1, -0.05) is 60.7 Å². The number of benzene rings is 2. The summed E-state index contributed by atoms with van der Waals surface area (Å²) in [5.74, 6) is -2.39. The maximum atomic E-state index is 13.7. The van der Waals surface area contributed by atoms with Crippen molar-refractivity contribution >= 4 is 23.5 Å². The van der Waals surface area contributed by atoms with Crippen LogP contribution < -0.4 is 16.6 Å². The molecule has 0 spiro atoms. The fraction of sp³-hybridized carbons (Fsp3) is 0.148. The van der Waals surface area contributed by atoms with Gasteiger partial charge in [-0.2, -0.15) is 5.10 Å². The van der Waals surface area contributed by atoms with Gasteiger partial charge in [-0.3, -0.25) is 24.5 Å². The zero-order valence-corrected chi connectivity index (χ0v) is 20.0. The number of carbonyl (C=O) groups excluding carboxylic acids is 3. The Morgan fingerprint density at radius 3 is 2.06 bits per heavy atom. The summed E-state index contributed by atoms with van der Waals surface area (Å²) >= 11 is 0. The van der Waals surface area contributed by atoms with Crippen LogP contribution in [0.4, 0.5) is 5.88 Å². The molecule has 3 N–H and O–H groups in total. The highest BCUT2D eigenvalue weighted by Gasteiger charge is 2.30. The first-order valence-corrected chi connectivity index (χ1v) is 11.3. The number of amides is 2. The lowest BCUT2D eigenvalue weighted by Gasteiger charge is -2.16. The van der Waals surface area contributed by atoms with Crippen LogP contribution in [0.3, 0.4) is 0 Å². The third kappa shape index (κ3) is 4.34. The highest BCUT2D eigenvalue weighted by Crippen LogP contribution is 2.33. The van der Waals surface area contributed by atoms with Crippen molar-refractivity contribution in [3.05, 3.63) is 93.5 Å². The second-order valence-electron chi connectivity index (χ2n) is 8.06. The zero-order chi connectivity index (χ0) is 26.0. The Balaban J connectivity index is 1.99. The van der Waals surface area contributed by atoms with E-state index >= 15 is 0 Å². The number of ketones is 1. The number of aromatic nitrogens is 2. The lowest BCUT2D eigenvalue weighted by Crippen LogP contribution is -2.32. The molecule has 0 aliphatic carbocycles. The highest BCUT2D eigenvalue weighted by molar-refractivity contribution is 6.15. The van der Waals surface area contributed by atoms with Crippen molar-refractivity contribution in [2.75, 3.05) is 5.32 Å². The fourth-order valence-corrected chi connectivity index (χ4v) is 4.14. The van der Waals surface area contributed by atoms with Crippen LogP contribution >= 0.6 is 0 Å². The number of hydrogen-bond donors (Lipinski definition) is 2. The summed E-state index contributed by atoms with van der Waals surface area (Å²) in [7, 11) is 0. The quantitative estimate of drug-likeness (QED) is 0.380. The molecule has 9 heteroatoms. The average Bonchev–Trinajstić information content (AvgIpc) is 3.20. The second kappa shape index (κ2) is 9.83. The smallest absolute Gasteiger partial charge is 0.280 e. The molecule has 36 heavy (non-hydrogen) atoms. The predicted octanol–water partition coefficient (Wildman–Crippen LogP) is 4.05. The van der Waals surface area contributed by atoms with Gasteiger partial charge >= 0.3 is 0 Å². The molecule has 0 saturated carbocycles. The number of nitrogens with one attached hydrogen (secondary N) is 1. The minimum atomic E-state index is -0.943. The molecule has 0 unspecified atom stereocenters. The van der Waals surface area contributed by atoms with Crippen LogP contribution in [0.25, 0.3) is 22.4 Å². The van der Waals surface area contributed by atoms with E-state index in [1.54, 1.807) is 31.2 Å². The number of nitrogens with two attached hydrogens (primary N) is 1. The number of anilines is 1. The number of furan rings is 1. The summed E-state index contributed by atoms with van der Waals surface area (Å²) in [6, 6.07) is 18.1. The van der Waals surface area contributed by atoms with Gasteiger partial charge in [0.2, 0.25) is 5.88 Å². The second-order valence-corrected chi connectivity index (χ2v) is 8.06. The summed E-state index contributed by atoms with van der Waals surface area (Å²) in [5, 5.41) is 7.06. The predicted molar refractivity (Wildman–Crippen MR) is 135 cm³/mol. The van der Waals surface area contributed by atoms with E-state index in [1.807, 2.05) is 36.4 Å². The maximum Gasteiger partial charge on any atom is 0.280 e. The Hall–Kier alpha value is -4.79. The van der Waals surface area contributed by atoms with Gasteiger partial charge in [0.1, 0.15) is 16.9 Å². The molecule has 0 radical (unpaired) electrons. The van der Waals surface area contributed by atoms with E-state index in [4.69, 9.17) is 10.2 Å². The monoisotopic (exact) mass is 484 g/mol. The van der Waals surface area contributed by atoms with Crippen LogP contribution in [0.1, 0.15) is 50.7 Å². The SMILES string of the molecule is CCn1nc(-c2ccccc2)c(-c2ccccc2)c(C(=O)Nc2oc(C)c(C(C)=O)c2C(N)=O)c1=O. The van der Waals surface area contributed by atoms with Crippen molar-refractivity contribution in [1.82, 2.24) is 9.78 Å². The van der Waals surface area contributed by atoms with Gasteiger partial charge in [0.25, 0.3) is 17.4 Å². The Kier molecular flexibility index (Phi) is 6.64. The number of primary amides is 1. The largest absolute Gasteiger partial charge is 0.444 e. The number of rotatable bonds is 7. The Labute approximate surface area is 206 Å². The minimum absolute atomic E-state index is 0.0215. The van der Waals surface area contributed by atoms with Crippen LogP contribution in [0, 0.1) is 6.92 Å². The summed E-state index contributed by atoms with van der Waals surface area (Å²) in [4.78, 5) is 51.4. The van der Waals surface area contributed by atoms with Gasteiger partial charge in [-0.05, 0) is 26.3 Å². The van der Waals surface area contributed by atoms with Crippen molar-refractivity contribution in [2.45, 2.75) is 27.3 Å². The standard InChI is InChI=1S/C27H24N4O5/c1-4-31-27(35)22(25(34)29-26-21(24(28)33)19(15(2)32)16(3)36-26)20(17-11-7-5-8-12-17)23(30-31)18-13-9-6-10-14-18/h5-14H,4H2,1-3H3,(H2,28,33)(H,29,34). The van der Waals surface area contributed by atoms with E-state index in [1.165, 1.54) is 18.5 Å². The van der Waals surface area contributed by atoms with E-state index in [0.717, 1.165) is 0 Å². The molecule has 2 amide bonds. The number of nitrogens with zero attached hydrogens (tertiary/aromatic N) is 2. The first-order valence-electron chi connectivity index (χ1n) is 11.3. The molecule has 4 aromatic rings. The van der Waals surface area contributed by atoms with Crippen LogP contribution in [-0.2, 0) is 6.54 Å². The molecule has 2 heterocycles. The van der Waals surface area contributed by atoms with Gasteiger partial charge in [-0.15, -0.1) is 0 Å². The van der Waals surface area contributed by atoms with Crippen molar-refractivity contribution in [3.8, 4) is 22.4 Å². The van der Waals surface area contributed by atoms with Crippen LogP contribution in [0.5, 0.6) is 0 Å². The van der Waals surface area contributed by atoms with Gasteiger partial charge in [0.05, 0.1) is 11.3 Å². The van der Waals surface area contributed by atoms with Gasteiger partial charge in [0, 0.05) is 17.7 Å². The lowest BCUT2D eigenvalue weighted by molar-refractivity contribution is 0.0974.